The molecule has 0 aromatic heterocycles. The van der Waals surface area contributed by atoms with Gasteiger partial charge in [0, 0.05) is 0 Å². The van der Waals surface area contributed by atoms with Crippen molar-refractivity contribution in [3.63, 3.8) is 0 Å². The molecule has 2 aromatic carbocycles. The van der Waals surface area contributed by atoms with Crippen LogP contribution in [0.1, 0.15) is 15.9 Å². The molecule has 9 heteroatoms. The number of nitrogens with one attached hydrogen (secondary N) is 1. The minimum atomic E-state index is -4.50. The van der Waals surface area contributed by atoms with E-state index in [1.807, 2.05) is 0 Å². The van der Waals surface area contributed by atoms with Gasteiger partial charge in [-0.3, -0.25) is 4.79 Å². The molecule has 1 N–H and O–H groups in total. The lowest BCUT2D eigenvalue weighted by Crippen LogP contribution is -2.21. The zero-order valence-electron chi connectivity index (χ0n) is 12.4. The maximum Gasteiger partial charge on any atom is 0.416 e. The molecular formula is C16H10Cl2F3NO3. The van der Waals surface area contributed by atoms with Gasteiger partial charge in [-0.25, -0.2) is 4.79 Å². The van der Waals surface area contributed by atoms with E-state index in [-0.39, 0.29) is 21.3 Å². The fraction of sp³-hybridized carbons (Fsp3) is 0.125. The van der Waals surface area contributed by atoms with Gasteiger partial charge < -0.3 is 10.1 Å². The van der Waals surface area contributed by atoms with Gasteiger partial charge >= 0.3 is 12.1 Å². The van der Waals surface area contributed by atoms with E-state index >= 15 is 0 Å². The summed E-state index contributed by atoms with van der Waals surface area (Å²) in [6.45, 7) is -0.636. The molecule has 0 fully saturated rings. The van der Waals surface area contributed by atoms with Gasteiger partial charge in [-0.1, -0.05) is 29.3 Å². The molecule has 4 nitrogen and oxygen atoms in total. The van der Waals surface area contributed by atoms with Crippen molar-refractivity contribution < 1.29 is 27.5 Å². The van der Waals surface area contributed by atoms with E-state index in [9.17, 15) is 22.8 Å². The lowest BCUT2D eigenvalue weighted by molar-refractivity contribution is -0.137. The average molecular weight is 392 g/mol. The van der Waals surface area contributed by atoms with E-state index in [0.29, 0.717) is 0 Å². The number of ether oxygens (including phenoxy) is 1. The van der Waals surface area contributed by atoms with Crippen LogP contribution in [-0.4, -0.2) is 18.5 Å². The summed E-state index contributed by atoms with van der Waals surface area (Å²) in [4.78, 5) is 23.5. The molecule has 0 unspecified atom stereocenters. The van der Waals surface area contributed by atoms with Crippen LogP contribution in [-0.2, 0) is 15.7 Å². The Morgan fingerprint density at radius 2 is 1.68 bits per heavy atom. The topological polar surface area (TPSA) is 55.4 Å². The van der Waals surface area contributed by atoms with Gasteiger partial charge in [0.1, 0.15) is 0 Å². The highest BCUT2D eigenvalue weighted by Crippen LogP contribution is 2.30. The van der Waals surface area contributed by atoms with Gasteiger partial charge in [-0.15, -0.1) is 0 Å². The minimum absolute atomic E-state index is 0.110. The maximum absolute atomic E-state index is 12.5. The molecule has 0 saturated heterocycles. The van der Waals surface area contributed by atoms with Gasteiger partial charge in [-0.2, -0.15) is 13.2 Å². The highest BCUT2D eigenvalue weighted by Gasteiger charge is 2.30. The Hall–Kier alpha value is -2.25. The summed E-state index contributed by atoms with van der Waals surface area (Å²) < 4.78 is 42.1. The molecule has 0 saturated carbocycles. The Morgan fingerprint density at radius 1 is 1.04 bits per heavy atom. The van der Waals surface area contributed by atoms with Crippen LogP contribution in [0.4, 0.5) is 18.9 Å². The predicted molar refractivity (Wildman–Crippen MR) is 86.8 cm³/mol. The van der Waals surface area contributed by atoms with Crippen molar-refractivity contribution in [3.05, 3.63) is 63.6 Å². The number of halogens is 5. The number of amides is 1. The second kappa shape index (κ2) is 7.76. The molecule has 0 aliphatic rings. The van der Waals surface area contributed by atoms with E-state index in [4.69, 9.17) is 27.9 Å². The summed E-state index contributed by atoms with van der Waals surface area (Å²) in [5.41, 5.74) is -0.760. The molecule has 132 valence electrons. The van der Waals surface area contributed by atoms with Gasteiger partial charge in [0.2, 0.25) is 0 Å². The largest absolute Gasteiger partial charge is 0.452 e. The number of hydrogen-bond acceptors (Lipinski definition) is 3. The van der Waals surface area contributed by atoms with Crippen molar-refractivity contribution in [2.75, 3.05) is 11.9 Å². The third-order valence-electron chi connectivity index (χ3n) is 3.01. The molecule has 0 atom stereocenters. The number of esters is 1. The summed E-state index contributed by atoms with van der Waals surface area (Å²) in [5.74, 6) is -1.61. The molecule has 25 heavy (non-hydrogen) atoms. The molecule has 0 bridgehead atoms. The lowest BCUT2D eigenvalue weighted by Gasteiger charge is -2.09. The first-order chi connectivity index (χ1) is 11.7. The van der Waals surface area contributed by atoms with Gasteiger partial charge in [0.15, 0.2) is 6.61 Å². The lowest BCUT2D eigenvalue weighted by atomic mass is 10.1. The van der Waals surface area contributed by atoms with E-state index in [1.165, 1.54) is 12.1 Å². The van der Waals surface area contributed by atoms with Gasteiger partial charge in [0.05, 0.1) is 26.9 Å². The van der Waals surface area contributed by atoms with Crippen molar-refractivity contribution in [3.8, 4) is 0 Å². The van der Waals surface area contributed by atoms with Crippen molar-refractivity contribution in [1.29, 1.82) is 0 Å². The molecule has 0 aliphatic heterocycles. The molecule has 2 aromatic rings. The van der Waals surface area contributed by atoms with Crippen LogP contribution in [0.5, 0.6) is 0 Å². The molecule has 2 rings (SSSR count). The zero-order valence-corrected chi connectivity index (χ0v) is 13.9. The number of carbonyl (C=O) groups is 2. The summed E-state index contributed by atoms with van der Waals surface area (Å²) in [5, 5.41) is 2.77. The van der Waals surface area contributed by atoms with Crippen molar-refractivity contribution in [2.45, 2.75) is 6.18 Å². The van der Waals surface area contributed by atoms with E-state index < -0.39 is 30.2 Å². The highest BCUT2D eigenvalue weighted by atomic mass is 35.5. The van der Waals surface area contributed by atoms with Crippen LogP contribution in [0.25, 0.3) is 0 Å². The van der Waals surface area contributed by atoms with E-state index in [1.54, 1.807) is 6.07 Å². The average Bonchev–Trinajstić information content (AvgIpc) is 2.56. The first-order valence-corrected chi connectivity index (χ1v) is 7.52. The number of benzene rings is 2. The molecule has 0 radical (unpaired) electrons. The number of anilines is 1. The number of rotatable bonds is 4. The molecule has 1 amide bonds. The minimum Gasteiger partial charge on any atom is -0.452 e. The number of alkyl halides is 3. The van der Waals surface area contributed by atoms with E-state index in [0.717, 1.165) is 24.3 Å². The van der Waals surface area contributed by atoms with Crippen LogP contribution in [0.15, 0.2) is 42.5 Å². The molecule has 0 heterocycles. The summed E-state index contributed by atoms with van der Waals surface area (Å²) in [6.07, 6.45) is -4.50. The Bertz CT molecular complexity index is 792. The van der Waals surface area contributed by atoms with Crippen molar-refractivity contribution in [2.24, 2.45) is 0 Å². The van der Waals surface area contributed by atoms with Crippen LogP contribution in [0.3, 0.4) is 0 Å². The molecular weight excluding hydrogens is 382 g/mol. The monoisotopic (exact) mass is 391 g/mol. The molecule has 0 aliphatic carbocycles. The highest BCUT2D eigenvalue weighted by molar-refractivity contribution is 6.44. The molecule has 0 spiro atoms. The second-order valence-electron chi connectivity index (χ2n) is 4.80. The van der Waals surface area contributed by atoms with Crippen molar-refractivity contribution >= 4 is 40.8 Å². The summed E-state index contributed by atoms with van der Waals surface area (Å²) >= 11 is 11.7. The van der Waals surface area contributed by atoms with Crippen LogP contribution < -0.4 is 5.32 Å². The summed E-state index contributed by atoms with van der Waals surface area (Å²) in [7, 11) is 0. The van der Waals surface area contributed by atoms with Crippen molar-refractivity contribution in [1.82, 2.24) is 0 Å². The SMILES string of the molecule is O=C(COC(=O)c1ccc(C(F)(F)F)cc1)Nc1cccc(Cl)c1Cl. The third kappa shape index (κ3) is 5.11. The Balaban J connectivity index is 1.93. The first kappa shape index (κ1) is 19.1. The van der Waals surface area contributed by atoms with Gasteiger partial charge in [0.25, 0.3) is 5.91 Å². The number of carbonyl (C=O) groups excluding carboxylic acids is 2. The van der Waals surface area contributed by atoms with Gasteiger partial charge in [-0.05, 0) is 36.4 Å². The number of hydrogen-bond donors (Lipinski definition) is 1. The quantitative estimate of drug-likeness (QED) is 0.761. The van der Waals surface area contributed by atoms with Crippen LogP contribution >= 0.6 is 23.2 Å². The Labute approximate surface area is 150 Å². The maximum atomic E-state index is 12.5. The third-order valence-corrected chi connectivity index (χ3v) is 3.83. The zero-order chi connectivity index (χ0) is 18.6. The Morgan fingerprint density at radius 3 is 2.28 bits per heavy atom. The standard InChI is InChI=1S/C16H10Cl2F3NO3/c17-11-2-1-3-12(14(11)18)22-13(23)8-25-15(24)9-4-6-10(7-5-9)16(19,20)21/h1-7H,8H2,(H,22,23). The predicted octanol–water partition coefficient (Wildman–Crippen LogP) is 4.81. The van der Waals surface area contributed by atoms with Crippen LogP contribution in [0, 0.1) is 0 Å². The normalized spacial score (nSPS) is 11.1. The summed E-state index contributed by atoms with van der Waals surface area (Å²) in [6, 6.07) is 8.05. The second-order valence-corrected chi connectivity index (χ2v) is 5.59. The van der Waals surface area contributed by atoms with Crippen LogP contribution in [0.2, 0.25) is 10.0 Å². The fourth-order valence-electron chi connectivity index (χ4n) is 1.80. The first-order valence-electron chi connectivity index (χ1n) is 6.76. The van der Waals surface area contributed by atoms with E-state index in [2.05, 4.69) is 5.32 Å². The smallest absolute Gasteiger partial charge is 0.416 e. The Kier molecular flexibility index (Phi) is 5.92. The fourth-order valence-corrected chi connectivity index (χ4v) is 2.14.